The largest absolute Gasteiger partial charge is 0.496 e. The molecule has 0 saturated carbocycles. The van der Waals surface area contributed by atoms with Gasteiger partial charge in [0.05, 0.1) is 31.8 Å². The summed E-state index contributed by atoms with van der Waals surface area (Å²) < 4.78 is 44.8. The Balaban J connectivity index is 1.87. The zero-order valence-electron chi connectivity index (χ0n) is 18.9. The van der Waals surface area contributed by atoms with E-state index in [1.807, 2.05) is 0 Å². The second-order valence-electron chi connectivity index (χ2n) is 7.67. The average Bonchev–Trinajstić information content (AvgIpc) is 2.82. The number of hydrogen-bond acceptors (Lipinski definition) is 6. The molecule has 1 unspecified atom stereocenters. The number of benzene rings is 2. The summed E-state index contributed by atoms with van der Waals surface area (Å²) in [7, 11) is 0.623. The van der Waals surface area contributed by atoms with E-state index in [-0.39, 0.29) is 16.4 Å². The Labute approximate surface area is 189 Å². The standard InChI is InChI=1S/C23H30N2O6S/c1-16(17-8-10-21(30-3)22(14-17)31-4)24-32(27,28)18-9-11-20(29-2)19(15-18)23(26)25-12-6-5-7-13-25/h8-11,14-16,24H,5-7,12-13H2,1-4H3. The van der Waals surface area contributed by atoms with E-state index in [0.717, 1.165) is 19.3 Å². The van der Waals surface area contributed by atoms with Crippen molar-refractivity contribution in [3.8, 4) is 17.2 Å². The molecule has 0 spiro atoms. The first-order valence-electron chi connectivity index (χ1n) is 10.5. The summed E-state index contributed by atoms with van der Waals surface area (Å²) in [5, 5.41) is 0. The second kappa shape index (κ2) is 10.2. The van der Waals surface area contributed by atoms with Gasteiger partial charge in [0, 0.05) is 19.1 Å². The van der Waals surface area contributed by atoms with Crippen molar-refractivity contribution < 1.29 is 27.4 Å². The molecule has 1 aliphatic heterocycles. The number of amides is 1. The van der Waals surface area contributed by atoms with Crippen LogP contribution in [0.5, 0.6) is 17.2 Å². The summed E-state index contributed by atoms with van der Waals surface area (Å²) in [5.41, 5.74) is 0.959. The van der Waals surface area contributed by atoms with Gasteiger partial charge in [-0.15, -0.1) is 0 Å². The summed E-state index contributed by atoms with van der Waals surface area (Å²) >= 11 is 0. The molecule has 2 aromatic rings. The van der Waals surface area contributed by atoms with Crippen LogP contribution in [-0.2, 0) is 10.0 Å². The second-order valence-corrected chi connectivity index (χ2v) is 9.39. The Morgan fingerprint density at radius 3 is 2.16 bits per heavy atom. The molecular weight excluding hydrogens is 432 g/mol. The third-order valence-electron chi connectivity index (χ3n) is 5.59. The fraction of sp³-hybridized carbons (Fsp3) is 0.435. The van der Waals surface area contributed by atoms with Crippen molar-refractivity contribution in [2.45, 2.75) is 37.1 Å². The monoisotopic (exact) mass is 462 g/mol. The van der Waals surface area contributed by atoms with Gasteiger partial charge in [-0.2, -0.15) is 0 Å². The molecule has 1 saturated heterocycles. The van der Waals surface area contributed by atoms with E-state index in [4.69, 9.17) is 14.2 Å². The first kappa shape index (κ1) is 23.9. The summed E-state index contributed by atoms with van der Waals surface area (Å²) in [6.45, 7) is 3.06. The van der Waals surface area contributed by atoms with Crippen LogP contribution in [0.2, 0.25) is 0 Å². The Kier molecular flexibility index (Phi) is 7.63. The maximum Gasteiger partial charge on any atom is 0.257 e. The van der Waals surface area contributed by atoms with Crippen LogP contribution >= 0.6 is 0 Å². The van der Waals surface area contributed by atoms with Crippen molar-refractivity contribution >= 4 is 15.9 Å². The van der Waals surface area contributed by atoms with Gasteiger partial charge in [0.15, 0.2) is 11.5 Å². The van der Waals surface area contributed by atoms with E-state index in [1.54, 1.807) is 30.0 Å². The number of likely N-dealkylation sites (tertiary alicyclic amines) is 1. The van der Waals surface area contributed by atoms with E-state index in [0.29, 0.717) is 35.9 Å². The van der Waals surface area contributed by atoms with Crippen molar-refractivity contribution in [2.24, 2.45) is 0 Å². The molecule has 1 atom stereocenters. The zero-order chi connectivity index (χ0) is 23.3. The highest BCUT2D eigenvalue weighted by Crippen LogP contribution is 2.31. The number of carbonyl (C=O) groups excluding carboxylic acids is 1. The SMILES string of the molecule is COc1ccc(C(C)NS(=O)(=O)c2ccc(OC)c(C(=O)N3CCCCC3)c2)cc1OC. The third-order valence-corrected chi connectivity index (χ3v) is 7.13. The molecule has 3 rings (SSSR count). The van der Waals surface area contributed by atoms with Gasteiger partial charge in [0.1, 0.15) is 5.75 Å². The van der Waals surface area contributed by atoms with Gasteiger partial charge < -0.3 is 19.1 Å². The molecule has 9 heteroatoms. The molecule has 1 heterocycles. The number of ether oxygens (including phenoxy) is 3. The van der Waals surface area contributed by atoms with Crippen LogP contribution in [0.3, 0.4) is 0 Å². The fourth-order valence-electron chi connectivity index (χ4n) is 3.78. The van der Waals surface area contributed by atoms with Gasteiger partial charge in [-0.25, -0.2) is 13.1 Å². The molecule has 0 aliphatic carbocycles. The predicted octanol–water partition coefficient (Wildman–Crippen LogP) is 3.38. The molecule has 0 aromatic heterocycles. The first-order valence-corrected chi connectivity index (χ1v) is 12.0. The summed E-state index contributed by atoms with van der Waals surface area (Å²) in [6.07, 6.45) is 2.97. The Bertz CT molecular complexity index is 1060. The molecule has 0 bridgehead atoms. The highest BCUT2D eigenvalue weighted by atomic mass is 32.2. The highest BCUT2D eigenvalue weighted by Gasteiger charge is 2.25. The lowest BCUT2D eigenvalue weighted by atomic mass is 10.1. The van der Waals surface area contributed by atoms with Crippen molar-refractivity contribution in [2.75, 3.05) is 34.4 Å². The molecule has 32 heavy (non-hydrogen) atoms. The Morgan fingerprint density at radius 1 is 0.906 bits per heavy atom. The van der Waals surface area contributed by atoms with Crippen LogP contribution in [0.1, 0.15) is 48.1 Å². The smallest absolute Gasteiger partial charge is 0.257 e. The number of sulfonamides is 1. The van der Waals surface area contributed by atoms with Crippen molar-refractivity contribution in [3.05, 3.63) is 47.5 Å². The van der Waals surface area contributed by atoms with Gasteiger partial charge in [-0.05, 0) is 62.1 Å². The van der Waals surface area contributed by atoms with Crippen LogP contribution in [0, 0.1) is 0 Å². The normalized spacial score (nSPS) is 15.2. The average molecular weight is 463 g/mol. The maximum absolute atomic E-state index is 13.1. The van der Waals surface area contributed by atoms with Crippen molar-refractivity contribution in [1.82, 2.24) is 9.62 Å². The third kappa shape index (κ3) is 5.16. The lowest BCUT2D eigenvalue weighted by Crippen LogP contribution is -2.36. The van der Waals surface area contributed by atoms with Crippen LogP contribution in [-0.4, -0.2) is 53.6 Å². The summed E-state index contributed by atoms with van der Waals surface area (Å²) in [6, 6.07) is 9.03. The molecule has 8 nitrogen and oxygen atoms in total. The van der Waals surface area contributed by atoms with Gasteiger partial charge in [0.2, 0.25) is 10.0 Å². The Morgan fingerprint density at radius 2 is 1.53 bits per heavy atom. The quantitative estimate of drug-likeness (QED) is 0.646. The van der Waals surface area contributed by atoms with Gasteiger partial charge in [0.25, 0.3) is 5.91 Å². The van der Waals surface area contributed by atoms with Gasteiger partial charge in [-0.1, -0.05) is 6.07 Å². The molecule has 1 N–H and O–H groups in total. The molecule has 1 aliphatic rings. The number of nitrogens with zero attached hydrogens (tertiary/aromatic N) is 1. The summed E-state index contributed by atoms with van der Waals surface area (Å²) in [4.78, 5) is 14.8. The molecule has 2 aromatic carbocycles. The summed E-state index contributed by atoms with van der Waals surface area (Å²) in [5.74, 6) is 1.20. The molecule has 1 amide bonds. The van der Waals surface area contributed by atoms with Crippen LogP contribution < -0.4 is 18.9 Å². The number of rotatable bonds is 8. The van der Waals surface area contributed by atoms with Crippen LogP contribution in [0.25, 0.3) is 0 Å². The number of nitrogens with one attached hydrogen (secondary N) is 1. The van der Waals surface area contributed by atoms with E-state index < -0.39 is 16.1 Å². The molecular formula is C23H30N2O6S. The molecule has 1 fully saturated rings. The highest BCUT2D eigenvalue weighted by molar-refractivity contribution is 7.89. The number of hydrogen-bond donors (Lipinski definition) is 1. The minimum absolute atomic E-state index is 0.00554. The Hall–Kier alpha value is -2.78. The zero-order valence-corrected chi connectivity index (χ0v) is 19.7. The van der Waals surface area contributed by atoms with Crippen LogP contribution in [0.4, 0.5) is 0 Å². The lowest BCUT2D eigenvalue weighted by molar-refractivity contribution is 0.0720. The first-order chi connectivity index (χ1) is 15.3. The van der Waals surface area contributed by atoms with Crippen molar-refractivity contribution in [1.29, 1.82) is 0 Å². The van der Waals surface area contributed by atoms with Gasteiger partial charge in [-0.3, -0.25) is 4.79 Å². The molecule has 174 valence electrons. The maximum atomic E-state index is 13.1. The van der Waals surface area contributed by atoms with Gasteiger partial charge >= 0.3 is 0 Å². The lowest BCUT2D eigenvalue weighted by Gasteiger charge is -2.27. The van der Waals surface area contributed by atoms with E-state index in [1.165, 1.54) is 39.5 Å². The van der Waals surface area contributed by atoms with E-state index >= 15 is 0 Å². The molecule has 0 radical (unpaired) electrons. The fourth-order valence-corrected chi connectivity index (χ4v) is 5.04. The van der Waals surface area contributed by atoms with E-state index in [2.05, 4.69) is 4.72 Å². The number of piperidine rings is 1. The number of methoxy groups -OCH3 is 3. The minimum atomic E-state index is -3.90. The number of carbonyl (C=O) groups is 1. The van der Waals surface area contributed by atoms with Crippen LogP contribution in [0.15, 0.2) is 41.3 Å². The topological polar surface area (TPSA) is 94.2 Å². The van der Waals surface area contributed by atoms with E-state index in [9.17, 15) is 13.2 Å². The minimum Gasteiger partial charge on any atom is -0.496 e. The predicted molar refractivity (Wildman–Crippen MR) is 121 cm³/mol. The van der Waals surface area contributed by atoms with Crippen molar-refractivity contribution in [3.63, 3.8) is 0 Å².